The Balaban J connectivity index is 1.56. The lowest BCUT2D eigenvalue weighted by Crippen LogP contribution is -2.26. The van der Waals surface area contributed by atoms with E-state index in [1.807, 2.05) is 28.4 Å². The number of rotatable bonds is 7. The molecule has 172 valence electrons. The number of fused-ring (bicyclic) bond motifs is 1. The minimum atomic E-state index is 0.595. The van der Waals surface area contributed by atoms with Crippen molar-refractivity contribution in [1.29, 1.82) is 0 Å². The van der Waals surface area contributed by atoms with Crippen LogP contribution < -0.4 is 4.74 Å². The van der Waals surface area contributed by atoms with E-state index in [4.69, 9.17) is 14.8 Å². The number of likely N-dealkylation sites (tertiary alicyclic amines) is 1. The number of hydrogen-bond donors (Lipinski definition) is 0. The van der Waals surface area contributed by atoms with Gasteiger partial charge >= 0.3 is 0 Å². The quantitative estimate of drug-likeness (QED) is 0.416. The third kappa shape index (κ3) is 4.13. The first-order valence-electron chi connectivity index (χ1n) is 11.9. The first-order valence-corrected chi connectivity index (χ1v) is 11.9. The molecule has 1 aliphatic heterocycles. The van der Waals surface area contributed by atoms with Crippen molar-refractivity contribution in [1.82, 2.24) is 29.3 Å². The number of nitrogens with zero attached hydrogens (tertiary/aromatic N) is 6. The molecule has 0 N–H and O–H groups in total. The first-order chi connectivity index (χ1) is 16.0. The van der Waals surface area contributed by atoms with Crippen LogP contribution in [0.1, 0.15) is 43.3 Å². The van der Waals surface area contributed by atoms with Gasteiger partial charge in [0.05, 0.1) is 23.6 Å². The van der Waals surface area contributed by atoms with E-state index in [-0.39, 0.29) is 0 Å². The van der Waals surface area contributed by atoms with Gasteiger partial charge < -0.3 is 9.64 Å². The Bertz CT molecular complexity index is 1260. The molecule has 0 radical (unpaired) electrons. The van der Waals surface area contributed by atoms with Gasteiger partial charge in [0.1, 0.15) is 5.75 Å². The maximum atomic E-state index is 6.47. The van der Waals surface area contributed by atoms with E-state index in [0.717, 1.165) is 58.1 Å². The summed E-state index contributed by atoms with van der Waals surface area (Å²) in [5.41, 5.74) is 7.04. The molecule has 1 saturated heterocycles. The van der Waals surface area contributed by atoms with Crippen LogP contribution in [0.3, 0.4) is 0 Å². The molecule has 0 amide bonds. The van der Waals surface area contributed by atoms with Gasteiger partial charge in [0.15, 0.2) is 5.65 Å². The normalized spacial score (nSPS) is 16.7. The molecule has 5 rings (SSSR count). The Morgan fingerprint density at radius 3 is 2.79 bits per heavy atom. The maximum absolute atomic E-state index is 6.47. The highest BCUT2D eigenvalue weighted by atomic mass is 16.5. The minimum Gasteiger partial charge on any atom is -0.493 e. The molecule has 1 unspecified atom stereocenters. The van der Waals surface area contributed by atoms with Crippen LogP contribution in [0.5, 0.6) is 5.75 Å². The van der Waals surface area contributed by atoms with Gasteiger partial charge in [-0.2, -0.15) is 10.2 Å². The highest BCUT2D eigenvalue weighted by Gasteiger charge is 2.22. The van der Waals surface area contributed by atoms with Crippen molar-refractivity contribution < 1.29 is 4.74 Å². The molecule has 4 heterocycles. The van der Waals surface area contributed by atoms with Gasteiger partial charge in [0.25, 0.3) is 0 Å². The third-order valence-corrected chi connectivity index (χ3v) is 6.71. The molecule has 7 heteroatoms. The van der Waals surface area contributed by atoms with Crippen molar-refractivity contribution in [2.75, 3.05) is 20.2 Å². The van der Waals surface area contributed by atoms with Crippen LogP contribution in [0.2, 0.25) is 0 Å². The molecule has 0 spiro atoms. The van der Waals surface area contributed by atoms with E-state index in [0.29, 0.717) is 12.6 Å². The van der Waals surface area contributed by atoms with Crippen molar-refractivity contribution >= 4 is 5.65 Å². The van der Waals surface area contributed by atoms with Crippen LogP contribution in [-0.4, -0.2) is 55.5 Å². The smallest absolute Gasteiger partial charge is 0.163 e. The molecule has 3 aromatic heterocycles. The fourth-order valence-electron chi connectivity index (χ4n) is 4.94. The second-order valence-corrected chi connectivity index (χ2v) is 8.98. The van der Waals surface area contributed by atoms with Crippen LogP contribution in [0.4, 0.5) is 0 Å². The number of benzene rings is 1. The molecule has 0 bridgehead atoms. The largest absolute Gasteiger partial charge is 0.493 e. The molecule has 4 aromatic rings. The third-order valence-electron chi connectivity index (χ3n) is 6.71. The lowest BCUT2D eigenvalue weighted by molar-refractivity contribution is 0.234. The zero-order valence-corrected chi connectivity index (χ0v) is 20.0. The van der Waals surface area contributed by atoms with Crippen molar-refractivity contribution in [3.8, 4) is 22.6 Å². The summed E-state index contributed by atoms with van der Waals surface area (Å²) in [7, 11) is 2.21. The molecule has 1 aliphatic rings. The predicted molar refractivity (Wildman–Crippen MR) is 130 cm³/mol. The first kappa shape index (κ1) is 21.6. The van der Waals surface area contributed by atoms with Gasteiger partial charge in [0, 0.05) is 41.5 Å². The van der Waals surface area contributed by atoms with Crippen LogP contribution in [0, 0.1) is 13.8 Å². The molecule has 1 fully saturated rings. The zero-order valence-electron chi connectivity index (χ0n) is 20.0. The molecular weight excluding hydrogens is 412 g/mol. The van der Waals surface area contributed by atoms with Gasteiger partial charge in [-0.1, -0.05) is 6.92 Å². The summed E-state index contributed by atoms with van der Waals surface area (Å²) < 4.78 is 10.3. The molecule has 1 atom stereocenters. The minimum absolute atomic E-state index is 0.595. The molecule has 33 heavy (non-hydrogen) atoms. The Hall–Kier alpha value is -3.19. The Labute approximate surface area is 195 Å². The number of hydrogen-bond acceptors (Lipinski definition) is 5. The highest BCUT2D eigenvalue weighted by Crippen LogP contribution is 2.37. The van der Waals surface area contributed by atoms with E-state index >= 15 is 0 Å². The molecule has 0 saturated carbocycles. The SMILES string of the molecule is CCc1cc(C)nc2c(-c3ccc(-n4cccn4)cc3OCCC3CCCN3C)c(C)nn12. The maximum Gasteiger partial charge on any atom is 0.163 e. The van der Waals surface area contributed by atoms with Crippen LogP contribution in [0.25, 0.3) is 22.5 Å². The van der Waals surface area contributed by atoms with Gasteiger partial charge in [0.2, 0.25) is 0 Å². The lowest BCUT2D eigenvalue weighted by Gasteiger charge is -2.20. The van der Waals surface area contributed by atoms with Crippen LogP contribution in [-0.2, 0) is 6.42 Å². The average Bonchev–Trinajstić information content (AvgIpc) is 3.54. The van der Waals surface area contributed by atoms with E-state index < -0.39 is 0 Å². The van der Waals surface area contributed by atoms with Crippen molar-refractivity contribution in [3.05, 3.63) is 59.8 Å². The molecule has 1 aromatic carbocycles. The average molecular weight is 445 g/mol. The van der Waals surface area contributed by atoms with Crippen molar-refractivity contribution in [3.63, 3.8) is 0 Å². The monoisotopic (exact) mass is 444 g/mol. The fourth-order valence-corrected chi connectivity index (χ4v) is 4.94. The van der Waals surface area contributed by atoms with E-state index in [1.54, 1.807) is 6.20 Å². The molecule has 0 aliphatic carbocycles. The van der Waals surface area contributed by atoms with Gasteiger partial charge in [-0.05, 0) is 77.4 Å². The summed E-state index contributed by atoms with van der Waals surface area (Å²) in [6.07, 6.45) is 8.18. The summed E-state index contributed by atoms with van der Waals surface area (Å²) in [4.78, 5) is 7.31. The number of aryl methyl sites for hydroxylation is 3. The molecular formula is C26H32N6O. The second kappa shape index (κ2) is 8.98. The summed E-state index contributed by atoms with van der Waals surface area (Å²) >= 11 is 0. The number of ether oxygens (including phenoxy) is 1. The summed E-state index contributed by atoms with van der Waals surface area (Å²) in [6, 6.07) is 10.9. The summed E-state index contributed by atoms with van der Waals surface area (Å²) in [6.45, 7) is 8.10. The van der Waals surface area contributed by atoms with Gasteiger partial charge in [-0.25, -0.2) is 14.2 Å². The Morgan fingerprint density at radius 2 is 2.06 bits per heavy atom. The van der Waals surface area contributed by atoms with Crippen LogP contribution in [0.15, 0.2) is 42.7 Å². The fraction of sp³-hybridized carbons (Fsp3) is 0.423. The summed E-state index contributed by atoms with van der Waals surface area (Å²) in [5.74, 6) is 0.850. The van der Waals surface area contributed by atoms with E-state index in [2.05, 4.69) is 55.2 Å². The van der Waals surface area contributed by atoms with Crippen LogP contribution >= 0.6 is 0 Å². The Morgan fingerprint density at radius 1 is 1.18 bits per heavy atom. The van der Waals surface area contributed by atoms with Gasteiger partial charge in [-0.3, -0.25) is 0 Å². The number of aromatic nitrogens is 5. The predicted octanol–water partition coefficient (Wildman–Crippen LogP) is 4.62. The highest BCUT2D eigenvalue weighted by molar-refractivity contribution is 5.84. The van der Waals surface area contributed by atoms with E-state index in [1.165, 1.54) is 19.4 Å². The van der Waals surface area contributed by atoms with E-state index in [9.17, 15) is 0 Å². The Kier molecular flexibility index (Phi) is 5.89. The lowest BCUT2D eigenvalue weighted by atomic mass is 10.0. The van der Waals surface area contributed by atoms with Gasteiger partial charge in [-0.15, -0.1) is 0 Å². The topological polar surface area (TPSA) is 60.5 Å². The van der Waals surface area contributed by atoms with Crippen molar-refractivity contribution in [2.45, 2.75) is 52.5 Å². The molecule has 7 nitrogen and oxygen atoms in total. The zero-order chi connectivity index (χ0) is 22.9. The van der Waals surface area contributed by atoms with Crippen molar-refractivity contribution in [2.24, 2.45) is 0 Å². The summed E-state index contributed by atoms with van der Waals surface area (Å²) in [5, 5.41) is 9.24. The standard InChI is InChI=1S/C26H32N6O/c1-5-20-16-18(2)28-26-25(19(3)29-32(20)26)23-10-9-22(31-14-7-12-27-31)17-24(23)33-15-11-21-8-6-13-30(21)4/h7,9-10,12,14,16-17,21H,5-6,8,11,13,15H2,1-4H3. The second-order valence-electron chi connectivity index (χ2n) is 8.98.